The third-order valence-electron chi connectivity index (χ3n) is 5.35. The first-order valence-corrected chi connectivity index (χ1v) is 8.37. The van der Waals surface area contributed by atoms with Crippen LogP contribution in [0.1, 0.15) is 24.8 Å². The molecule has 24 heavy (non-hydrogen) atoms. The summed E-state index contributed by atoms with van der Waals surface area (Å²) in [6, 6.07) is 4.13. The van der Waals surface area contributed by atoms with Gasteiger partial charge in [-0.3, -0.25) is 4.79 Å². The van der Waals surface area contributed by atoms with E-state index < -0.39 is 0 Å². The maximum absolute atomic E-state index is 13.3. The molecule has 2 heterocycles. The van der Waals surface area contributed by atoms with Crippen molar-refractivity contribution in [3.05, 3.63) is 29.6 Å². The summed E-state index contributed by atoms with van der Waals surface area (Å²) in [5, 5.41) is 9.07. The van der Waals surface area contributed by atoms with E-state index in [0.717, 1.165) is 25.9 Å². The number of hydrogen-bond donors (Lipinski definition) is 3. The van der Waals surface area contributed by atoms with E-state index in [4.69, 9.17) is 0 Å². The molecule has 3 aliphatic rings. The van der Waals surface area contributed by atoms with Crippen LogP contribution >= 0.6 is 0 Å². The lowest BCUT2D eigenvalue weighted by Gasteiger charge is -2.45. The van der Waals surface area contributed by atoms with Crippen molar-refractivity contribution in [2.24, 2.45) is 5.41 Å². The molecule has 3 amide bonds. The third-order valence-corrected chi connectivity index (χ3v) is 5.35. The molecule has 0 bridgehead atoms. The molecule has 1 saturated heterocycles. The minimum Gasteiger partial charge on any atom is -0.352 e. The Labute approximate surface area is 139 Å². The first-order chi connectivity index (χ1) is 11.5. The van der Waals surface area contributed by atoms with Crippen molar-refractivity contribution in [1.29, 1.82) is 0 Å². The Morgan fingerprint density at radius 2 is 2.25 bits per heavy atom. The van der Waals surface area contributed by atoms with Crippen molar-refractivity contribution in [2.75, 3.05) is 25.0 Å². The number of nitrogens with zero attached hydrogens (tertiary/aromatic N) is 1. The van der Waals surface area contributed by atoms with Gasteiger partial charge < -0.3 is 20.9 Å². The Kier molecular flexibility index (Phi) is 3.68. The first kappa shape index (κ1) is 15.4. The fourth-order valence-corrected chi connectivity index (χ4v) is 4.09. The third kappa shape index (κ3) is 2.84. The molecule has 0 unspecified atom stereocenters. The van der Waals surface area contributed by atoms with Gasteiger partial charge >= 0.3 is 6.03 Å². The van der Waals surface area contributed by atoms with E-state index in [1.807, 2.05) is 0 Å². The van der Waals surface area contributed by atoms with Crippen LogP contribution in [0.3, 0.4) is 0 Å². The van der Waals surface area contributed by atoms with E-state index in [2.05, 4.69) is 16.0 Å². The van der Waals surface area contributed by atoms with E-state index in [1.165, 1.54) is 23.5 Å². The minimum absolute atomic E-state index is 0.0104. The van der Waals surface area contributed by atoms with Crippen molar-refractivity contribution in [3.8, 4) is 0 Å². The normalized spacial score (nSPS) is 28.3. The predicted molar refractivity (Wildman–Crippen MR) is 86.9 cm³/mol. The Balaban J connectivity index is 1.32. The average Bonchev–Trinajstić information content (AvgIpc) is 2.98. The molecule has 128 valence electrons. The van der Waals surface area contributed by atoms with Gasteiger partial charge in [-0.15, -0.1) is 0 Å². The second-order valence-electron chi connectivity index (χ2n) is 7.19. The van der Waals surface area contributed by atoms with E-state index in [-0.39, 0.29) is 36.9 Å². The number of hydrogen-bond acceptors (Lipinski definition) is 3. The molecule has 0 aromatic heterocycles. The van der Waals surface area contributed by atoms with Crippen molar-refractivity contribution in [3.63, 3.8) is 0 Å². The Bertz CT molecular complexity index is 679. The van der Waals surface area contributed by atoms with Crippen LogP contribution in [0.4, 0.5) is 14.9 Å². The van der Waals surface area contributed by atoms with Crippen LogP contribution in [-0.2, 0) is 11.3 Å². The summed E-state index contributed by atoms with van der Waals surface area (Å²) in [6.07, 6.45) is 3.19. The van der Waals surface area contributed by atoms with Gasteiger partial charge in [-0.2, -0.15) is 0 Å². The summed E-state index contributed by atoms with van der Waals surface area (Å²) in [4.78, 5) is 25.7. The van der Waals surface area contributed by atoms with Gasteiger partial charge in [0.15, 0.2) is 0 Å². The van der Waals surface area contributed by atoms with Gasteiger partial charge in [0.05, 0.1) is 6.54 Å². The SMILES string of the molecule is O=C(CN1Cc2cc(F)ccc2NC1=O)NC1CC2(CCNC2)C1. The molecule has 1 aromatic rings. The predicted octanol–water partition coefficient (Wildman–Crippen LogP) is 1.43. The van der Waals surface area contributed by atoms with E-state index >= 15 is 0 Å². The molecule has 4 rings (SSSR count). The van der Waals surface area contributed by atoms with Crippen molar-refractivity contribution < 1.29 is 14.0 Å². The smallest absolute Gasteiger partial charge is 0.322 e. The lowest BCUT2D eigenvalue weighted by Crippen LogP contribution is -2.54. The number of benzene rings is 1. The monoisotopic (exact) mass is 332 g/mol. The highest BCUT2D eigenvalue weighted by Crippen LogP contribution is 2.45. The first-order valence-electron chi connectivity index (χ1n) is 8.37. The Morgan fingerprint density at radius 1 is 1.42 bits per heavy atom. The quantitative estimate of drug-likeness (QED) is 0.784. The van der Waals surface area contributed by atoms with Crippen LogP contribution < -0.4 is 16.0 Å². The molecule has 1 aromatic carbocycles. The second kappa shape index (κ2) is 5.73. The summed E-state index contributed by atoms with van der Waals surface area (Å²) in [5.74, 6) is -0.505. The molecule has 1 spiro atoms. The minimum atomic E-state index is -0.348. The molecular formula is C17H21FN4O2. The van der Waals surface area contributed by atoms with E-state index in [9.17, 15) is 14.0 Å². The topological polar surface area (TPSA) is 73.5 Å². The van der Waals surface area contributed by atoms with Crippen LogP contribution in [0.25, 0.3) is 0 Å². The van der Waals surface area contributed by atoms with Crippen molar-refractivity contribution in [1.82, 2.24) is 15.5 Å². The molecule has 2 fully saturated rings. The van der Waals surface area contributed by atoms with Gasteiger partial charge in [0.2, 0.25) is 5.91 Å². The molecular weight excluding hydrogens is 311 g/mol. The number of fused-ring (bicyclic) bond motifs is 1. The summed E-state index contributed by atoms with van der Waals surface area (Å²) in [5.41, 5.74) is 1.66. The van der Waals surface area contributed by atoms with Crippen LogP contribution in [0.2, 0.25) is 0 Å². The molecule has 1 aliphatic carbocycles. The highest BCUT2D eigenvalue weighted by Gasteiger charge is 2.46. The Morgan fingerprint density at radius 3 is 3.00 bits per heavy atom. The summed E-state index contributed by atoms with van der Waals surface area (Å²) in [7, 11) is 0. The lowest BCUT2D eigenvalue weighted by molar-refractivity contribution is -0.124. The van der Waals surface area contributed by atoms with E-state index in [1.54, 1.807) is 6.07 Å². The molecule has 2 aliphatic heterocycles. The highest BCUT2D eigenvalue weighted by molar-refractivity contribution is 5.94. The van der Waals surface area contributed by atoms with Gasteiger partial charge in [0.1, 0.15) is 12.4 Å². The molecule has 7 heteroatoms. The molecule has 6 nitrogen and oxygen atoms in total. The maximum atomic E-state index is 13.3. The number of carbonyl (C=O) groups excluding carboxylic acids is 2. The molecule has 3 N–H and O–H groups in total. The van der Waals surface area contributed by atoms with Crippen LogP contribution in [0.15, 0.2) is 18.2 Å². The molecule has 0 radical (unpaired) electrons. The van der Waals surface area contributed by atoms with Crippen molar-refractivity contribution in [2.45, 2.75) is 31.8 Å². The zero-order chi connectivity index (χ0) is 16.7. The summed E-state index contributed by atoms with van der Waals surface area (Å²) in [6.45, 7) is 2.33. The average molecular weight is 332 g/mol. The largest absolute Gasteiger partial charge is 0.352 e. The van der Waals surface area contributed by atoms with Crippen LogP contribution in [0.5, 0.6) is 0 Å². The van der Waals surface area contributed by atoms with Gasteiger partial charge in [0, 0.05) is 18.3 Å². The number of anilines is 1. The lowest BCUT2D eigenvalue weighted by atomic mass is 9.65. The zero-order valence-electron chi connectivity index (χ0n) is 13.4. The standard InChI is InChI=1S/C17H21FN4O2/c18-12-1-2-14-11(5-12)8-22(16(24)21-14)9-15(23)20-13-6-17(7-13)3-4-19-10-17/h1-2,5,13,19H,3-4,6-10H2,(H,20,23)(H,21,24). The number of nitrogens with one attached hydrogen (secondary N) is 3. The summed E-state index contributed by atoms with van der Waals surface area (Å²) < 4.78 is 13.3. The Hall–Kier alpha value is -2.15. The number of urea groups is 1. The van der Waals surface area contributed by atoms with Gasteiger partial charge in [-0.25, -0.2) is 9.18 Å². The maximum Gasteiger partial charge on any atom is 0.322 e. The number of rotatable bonds is 3. The van der Waals surface area contributed by atoms with Crippen molar-refractivity contribution >= 4 is 17.6 Å². The number of halogens is 1. The van der Waals surface area contributed by atoms with Gasteiger partial charge in [0.25, 0.3) is 0 Å². The number of amides is 3. The zero-order valence-corrected chi connectivity index (χ0v) is 13.4. The fraction of sp³-hybridized carbons (Fsp3) is 0.529. The molecule has 0 atom stereocenters. The highest BCUT2D eigenvalue weighted by atomic mass is 19.1. The van der Waals surface area contributed by atoms with Gasteiger partial charge in [-0.1, -0.05) is 0 Å². The van der Waals surface area contributed by atoms with E-state index in [0.29, 0.717) is 16.7 Å². The second-order valence-corrected chi connectivity index (χ2v) is 7.19. The number of carbonyl (C=O) groups is 2. The summed E-state index contributed by atoms with van der Waals surface area (Å²) >= 11 is 0. The van der Waals surface area contributed by atoms with Crippen LogP contribution in [0, 0.1) is 11.2 Å². The molecule has 1 saturated carbocycles. The van der Waals surface area contributed by atoms with Gasteiger partial charge in [-0.05, 0) is 55.0 Å². The van der Waals surface area contributed by atoms with Crippen LogP contribution in [-0.4, -0.2) is 42.5 Å². The fourth-order valence-electron chi connectivity index (χ4n) is 4.09.